The van der Waals surface area contributed by atoms with E-state index in [-0.39, 0.29) is 23.8 Å². The topological polar surface area (TPSA) is 69.6 Å². The fourth-order valence-electron chi connectivity index (χ4n) is 4.12. The zero-order valence-electron chi connectivity index (χ0n) is 17.0. The Bertz CT molecular complexity index is 964. The highest BCUT2D eigenvalue weighted by Gasteiger charge is 2.21. The van der Waals surface area contributed by atoms with E-state index in [1.807, 2.05) is 10.6 Å². The fourth-order valence-corrected chi connectivity index (χ4v) is 4.12. The van der Waals surface area contributed by atoms with Crippen LogP contribution in [0.4, 0.5) is 5.69 Å². The van der Waals surface area contributed by atoms with Crippen LogP contribution in [0.1, 0.15) is 67.1 Å². The predicted octanol–water partition coefficient (Wildman–Crippen LogP) is 4.29. The van der Waals surface area contributed by atoms with Gasteiger partial charge in [0, 0.05) is 24.0 Å². The van der Waals surface area contributed by atoms with Crippen molar-refractivity contribution in [1.82, 2.24) is 4.57 Å². The van der Waals surface area contributed by atoms with Crippen LogP contribution in [0.3, 0.4) is 0 Å². The summed E-state index contributed by atoms with van der Waals surface area (Å²) in [4.78, 5) is 26.2. The molecule has 2 aliphatic rings. The van der Waals surface area contributed by atoms with Crippen molar-refractivity contribution in [3.05, 3.63) is 51.4 Å². The number of benzene rings is 1. The number of hydrogen-bond donors (Lipinski definition) is 1. The molecule has 1 aliphatic heterocycles. The van der Waals surface area contributed by atoms with Crippen molar-refractivity contribution in [2.24, 2.45) is 0 Å². The smallest absolute Gasteiger partial charge is 0.263 e. The van der Waals surface area contributed by atoms with Crippen LogP contribution in [0.2, 0.25) is 0 Å². The van der Waals surface area contributed by atoms with Gasteiger partial charge in [-0.25, -0.2) is 0 Å². The van der Waals surface area contributed by atoms with Gasteiger partial charge in [-0.05, 0) is 55.9 Å². The minimum Gasteiger partial charge on any atom is -0.454 e. The molecule has 0 fully saturated rings. The van der Waals surface area contributed by atoms with Gasteiger partial charge in [0.1, 0.15) is 5.56 Å². The minimum absolute atomic E-state index is 0.180. The number of aromatic nitrogens is 1. The normalized spacial score (nSPS) is 15.3. The van der Waals surface area contributed by atoms with Crippen LogP contribution >= 0.6 is 0 Å². The Morgan fingerprint density at radius 2 is 1.86 bits per heavy atom. The average Bonchev–Trinajstić information content (AvgIpc) is 3.16. The van der Waals surface area contributed by atoms with E-state index < -0.39 is 0 Å². The Labute approximate surface area is 170 Å². The summed E-state index contributed by atoms with van der Waals surface area (Å²) in [6.45, 7) is 2.97. The monoisotopic (exact) mass is 396 g/mol. The van der Waals surface area contributed by atoms with Crippen molar-refractivity contribution in [1.29, 1.82) is 0 Å². The third-order valence-electron chi connectivity index (χ3n) is 5.71. The molecule has 1 N–H and O–H groups in total. The molecule has 1 aromatic carbocycles. The van der Waals surface area contributed by atoms with E-state index in [0.717, 1.165) is 49.8 Å². The molecule has 0 spiro atoms. The first-order valence-electron chi connectivity index (χ1n) is 10.6. The number of anilines is 1. The molecule has 0 bridgehead atoms. The lowest BCUT2D eigenvalue weighted by molar-refractivity contribution is 0.102. The molecule has 1 aromatic heterocycles. The second kappa shape index (κ2) is 8.72. The second-order valence-corrected chi connectivity index (χ2v) is 7.78. The molecule has 1 aliphatic carbocycles. The lowest BCUT2D eigenvalue weighted by atomic mass is 9.95. The number of aryl methyl sites for hydroxylation is 1. The first-order chi connectivity index (χ1) is 14.2. The summed E-state index contributed by atoms with van der Waals surface area (Å²) >= 11 is 0. The first-order valence-corrected chi connectivity index (χ1v) is 10.6. The van der Waals surface area contributed by atoms with Crippen LogP contribution in [0, 0.1) is 0 Å². The summed E-state index contributed by atoms with van der Waals surface area (Å²) in [6.07, 6.45) is 8.38. The number of pyridine rings is 1. The van der Waals surface area contributed by atoms with Gasteiger partial charge in [-0.15, -0.1) is 0 Å². The maximum Gasteiger partial charge on any atom is 0.263 e. The Morgan fingerprint density at radius 3 is 2.69 bits per heavy atom. The van der Waals surface area contributed by atoms with E-state index in [1.54, 1.807) is 18.2 Å². The third kappa shape index (κ3) is 4.16. The van der Waals surface area contributed by atoms with Gasteiger partial charge in [0.15, 0.2) is 11.5 Å². The van der Waals surface area contributed by atoms with Crippen LogP contribution in [0.15, 0.2) is 29.1 Å². The van der Waals surface area contributed by atoms with E-state index in [2.05, 4.69) is 12.2 Å². The number of hydrogen-bond acceptors (Lipinski definition) is 4. The molecule has 0 saturated carbocycles. The Kier molecular flexibility index (Phi) is 5.88. The predicted molar refractivity (Wildman–Crippen MR) is 112 cm³/mol. The summed E-state index contributed by atoms with van der Waals surface area (Å²) in [5, 5.41) is 2.86. The highest BCUT2D eigenvalue weighted by atomic mass is 16.7. The number of rotatable bonds is 5. The van der Waals surface area contributed by atoms with Gasteiger partial charge in [0.05, 0.1) is 0 Å². The summed E-state index contributed by atoms with van der Waals surface area (Å²) in [7, 11) is 0. The third-order valence-corrected chi connectivity index (χ3v) is 5.71. The molecule has 6 heteroatoms. The molecular weight excluding hydrogens is 368 g/mol. The average molecular weight is 396 g/mol. The molecule has 0 radical (unpaired) electrons. The molecule has 29 heavy (non-hydrogen) atoms. The Morgan fingerprint density at radius 1 is 1.07 bits per heavy atom. The molecule has 0 atom stereocenters. The maximum atomic E-state index is 13.2. The highest BCUT2D eigenvalue weighted by molar-refractivity contribution is 6.04. The lowest BCUT2D eigenvalue weighted by Gasteiger charge is -2.21. The van der Waals surface area contributed by atoms with Gasteiger partial charge in [-0.3, -0.25) is 9.59 Å². The Hall–Kier alpha value is -2.76. The number of ether oxygens (including phenoxy) is 2. The number of nitrogens with zero attached hydrogens (tertiary/aromatic N) is 1. The molecule has 6 nitrogen and oxygen atoms in total. The number of carbonyl (C=O) groups is 1. The van der Waals surface area contributed by atoms with Gasteiger partial charge >= 0.3 is 0 Å². The second-order valence-electron chi connectivity index (χ2n) is 7.78. The van der Waals surface area contributed by atoms with Crippen LogP contribution < -0.4 is 20.3 Å². The van der Waals surface area contributed by atoms with E-state index in [1.165, 1.54) is 12.8 Å². The molecule has 1 amide bonds. The van der Waals surface area contributed by atoms with Gasteiger partial charge in [-0.2, -0.15) is 0 Å². The molecule has 4 rings (SSSR count). The standard InChI is InChI=1S/C23H28N2O4/c1-2-3-12-25-19-9-7-5-4-6-8-16(19)13-18(23(25)27)22(26)24-17-10-11-20-21(14-17)29-15-28-20/h10-11,13-14H,2-9,12,15H2,1H3,(H,24,26). The molecular formula is C23H28N2O4. The van der Waals surface area contributed by atoms with Crippen molar-refractivity contribution in [2.45, 2.75) is 64.8 Å². The summed E-state index contributed by atoms with van der Waals surface area (Å²) in [5.74, 6) is 0.885. The van der Waals surface area contributed by atoms with Crippen LogP contribution in [0.25, 0.3) is 0 Å². The molecule has 2 aromatic rings. The van der Waals surface area contributed by atoms with Crippen LogP contribution in [-0.2, 0) is 19.4 Å². The quantitative estimate of drug-likeness (QED) is 0.819. The first kappa shape index (κ1) is 19.6. The van der Waals surface area contributed by atoms with Crippen molar-refractivity contribution >= 4 is 11.6 Å². The van der Waals surface area contributed by atoms with Gasteiger partial charge < -0.3 is 19.4 Å². The van der Waals surface area contributed by atoms with Crippen LogP contribution in [-0.4, -0.2) is 17.3 Å². The summed E-state index contributed by atoms with van der Waals surface area (Å²) in [6, 6.07) is 7.07. The van der Waals surface area contributed by atoms with E-state index >= 15 is 0 Å². The van der Waals surface area contributed by atoms with Crippen molar-refractivity contribution in [3.63, 3.8) is 0 Å². The SMILES string of the molecule is CCCCn1c2c(cc(C(=O)Nc3ccc4c(c3)OCO4)c1=O)CCCCCC2. The largest absolute Gasteiger partial charge is 0.454 e. The van der Waals surface area contributed by atoms with E-state index in [9.17, 15) is 9.59 Å². The van der Waals surface area contributed by atoms with E-state index in [4.69, 9.17) is 9.47 Å². The zero-order chi connectivity index (χ0) is 20.2. The molecule has 0 unspecified atom stereocenters. The molecule has 0 saturated heterocycles. The van der Waals surface area contributed by atoms with Gasteiger partial charge in [0.2, 0.25) is 6.79 Å². The van der Waals surface area contributed by atoms with Crippen molar-refractivity contribution in [2.75, 3.05) is 12.1 Å². The number of amides is 1. The molecule has 154 valence electrons. The summed E-state index contributed by atoms with van der Waals surface area (Å²) in [5.41, 5.74) is 2.90. The van der Waals surface area contributed by atoms with Gasteiger partial charge in [-0.1, -0.05) is 26.2 Å². The van der Waals surface area contributed by atoms with Crippen molar-refractivity contribution in [3.8, 4) is 11.5 Å². The van der Waals surface area contributed by atoms with Gasteiger partial charge in [0.25, 0.3) is 11.5 Å². The number of carbonyl (C=O) groups excluding carboxylic acids is 1. The Balaban J connectivity index is 1.67. The number of unbranched alkanes of at least 4 members (excludes halogenated alkanes) is 1. The number of fused-ring (bicyclic) bond motifs is 2. The number of nitrogens with one attached hydrogen (secondary N) is 1. The zero-order valence-corrected chi connectivity index (χ0v) is 17.0. The highest BCUT2D eigenvalue weighted by Crippen LogP contribution is 2.34. The molecule has 2 heterocycles. The summed E-state index contributed by atoms with van der Waals surface area (Å²) < 4.78 is 12.5. The van der Waals surface area contributed by atoms with Crippen molar-refractivity contribution < 1.29 is 14.3 Å². The van der Waals surface area contributed by atoms with Crippen LogP contribution in [0.5, 0.6) is 11.5 Å². The maximum absolute atomic E-state index is 13.2. The fraction of sp³-hybridized carbons (Fsp3) is 0.478. The lowest BCUT2D eigenvalue weighted by Crippen LogP contribution is -2.33. The minimum atomic E-state index is -0.371. The van der Waals surface area contributed by atoms with E-state index in [0.29, 0.717) is 23.7 Å².